The van der Waals surface area contributed by atoms with Crippen LogP contribution in [0.25, 0.3) is 0 Å². The fourth-order valence-corrected chi connectivity index (χ4v) is 3.02. The standard InChI is InChI=1S/C26H18O8/c27-21-22(33-24(29)18-12-6-2-7-13-18)20(16-31-23(28)17-10-4-1-5-11-17)32-26(21)34-25(30)19-14-8-3-9-15-19/h1-15,26H,16H2/t26-/m1/s1. The number of hydrogen-bond acceptors (Lipinski definition) is 8. The van der Waals surface area contributed by atoms with Crippen molar-refractivity contribution in [2.75, 3.05) is 6.61 Å². The third kappa shape index (κ3) is 5.18. The number of hydrogen-bond donors (Lipinski definition) is 0. The van der Waals surface area contributed by atoms with Crippen molar-refractivity contribution in [3.63, 3.8) is 0 Å². The monoisotopic (exact) mass is 458 g/mol. The molecule has 1 heterocycles. The number of carbonyl (C=O) groups is 4. The fourth-order valence-electron chi connectivity index (χ4n) is 3.02. The highest BCUT2D eigenvalue weighted by Crippen LogP contribution is 2.26. The Labute approximate surface area is 194 Å². The lowest BCUT2D eigenvalue weighted by molar-refractivity contribution is -0.141. The summed E-state index contributed by atoms with van der Waals surface area (Å²) in [5.74, 6) is -3.95. The largest absolute Gasteiger partial charge is 0.454 e. The summed E-state index contributed by atoms with van der Waals surface area (Å²) < 4.78 is 21.1. The maximum absolute atomic E-state index is 12.9. The van der Waals surface area contributed by atoms with Crippen LogP contribution in [0.3, 0.4) is 0 Å². The molecule has 0 spiro atoms. The second kappa shape index (κ2) is 10.3. The molecule has 0 N–H and O–H groups in total. The first-order valence-corrected chi connectivity index (χ1v) is 10.2. The van der Waals surface area contributed by atoms with Crippen molar-refractivity contribution in [3.05, 3.63) is 119 Å². The van der Waals surface area contributed by atoms with E-state index in [0.717, 1.165) is 0 Å². The lowest BCUT2D eigenvalue weighted by Gasteiger charge is -2.12. The van der Waals surface area contributed by atoms with Gasteiger partial charge in [0.05, 0.1) is 16.7 Å². The van der Waals surface area contributed by atoms with Gasteiger partial charge in [0.1, 0.15) is 0 Å². The first kappa shape index (κ1) is 22.5. The van der Waals surface area contributed by atoms with E-state index in [1.165, 1.54) is 24.3 Å². The van der Waals surface area contributed by atoms with E-state index in [1.807, 2.05) is 0 Å². The fraction of sp³-hybridized carbons (Fsp3) is 0.0769. The van der Waals surface area contributed by atoms with Crippen LogP contribution in [0.15, 0.2) is 103 Å². The van der Waals surface area contributed by atoms with Crippen LogP contribution in [0, 0.1) is 0 Å². The lowest BCUT2D eigenvalue weighted by Crippen LogP contribution is -2.26. The summed E-state index contributed by atoms with van der Waals surface area (Å²) in [6, 6.07) is 24.2. The summed E-state index contributed by atoms with van der Waals surface area (Å²) in [4.78, 5) is 50.1. The van der Waals surface area contributed by atoms with Gasteiger partial charge in [-0.1, -0.05) is 54.6 Å². The van der Waals surface area contributed by atoms with Crippen molar-refractivity contribution in [1.82, 2.24) is 0 Å². The van der Waals surface area contributed by atoms with Crippen LogP contribution in [0.1, 0.15) is 31.1 Å². The number of ether oxygens (including phenoxy) is 4. The van der Waals surface area contributed by atoms with Gasteiger partial charge in [-0.3, -0.25) is 4.79 Å². The molecule has 0 aliphatic carbocycles. The Hall–Kier alpha value is -4.72. The van der Waals surface area contributed by atoms with E-state index in [2.05, 4.69) is 0 Å². The maximum Gasteiger partial charge on any atom is 0.343 e. The van der Waals surface area contributed by atoms with Crippen LogP contribution in [-0.2, 0) is 23.7 Å². The molecule has 1 aliphatic rings. The smallest absolute Gasteiger partial charge is 0.343 e. The zero-order valence-corrected chi connectivity index (χ0v) is 17.7. The Balaban J connectivity index is 1.52. The van der Waals surface area contributed by atoms with E-state index in [-0.39, 0.29) is 22.4 Å². The third-order valence-corrected chi connectivity index (χ3v) is 4.71. The van der Waals surface area contributed by atoms with Crippen molar-refractivity contribution in [1.29, 1.82) is 0 Å². The number of rotatable bonds is 7. The van der Waals surface area contributed by atoms with E-state index >= 15 is 0 Å². The summed E-state index contributed by atoms with van der Waals surface area (Å²) in [5, 5.41) is 0. The van der Waals surface area contributed by atoms with Crippen molar-refractivity contribution in [3.8, 4) is 0 Å². The van der Waals surface area contributed by atoms with Gasteiger partial charge in [-0.2, -0.15) is 0 Å². The second-order valence-corrected chi connectivity index (χ2v) is 7.04. The zero-order chi connectivity index (χ0) is 23.9. The van der Waals surface area contributed by atoms with E-state index in [4.69, 9.17) is 18.9 Å². The topological polar surface area (TPSA) is 105 Å². The first-order chi connectivity index (χ1) is 16.5. The van der Waals surface area contributed by atoms with Gasteiger partial charge in [0.15, 0.2) is 12.4 Å². The highest BCUT2D eigenvalue weighted by atomic mass is 16.7. The van der Waals surface area contributed by atoms with Gasteiger partial charge in [-0.05, 0) is 36.4 Å². The van der Waals surface area contributed by atoms with Crippen molar-refractivity contribution >= 4 is 23.7 Å². The van der Waals surface area contributed by atoms with Crippen LogP contribution < -0.4 is 0 Å². The second-order valence-electron chi connectivity index (χ2n) is 7.04. The molecular weight excluding hydrogens is 440 g/mol. The molecule has 1 atom stereocenters. The van der Waals surface area contributed by atoms with E-state index < -0.39 is 42.3 Å². The molecule has 0 fully saturated rings. The minimum absolute atomic E-state index is 0.188. The van der Waals surface area contributed by atoms with Gasteiger partial charge < -0.3 is 18.9 Å². The molecular formula is C26H18O8. The Kier molecular flexibility index (Phi) is 6.78. The quantitative estimate of drug-likeness (QED) is 0.390. The highest BCUT2D eigenvalue weighted by Gasteiger charge is 2.41. The number of benzene rings is 3. The van der Waals surface area contributed by atoms with Crippen LogP contribution in [0.5, 0.6) is 0 Å². The Morgan fingerprint density at radius 1 is 0.676 bits per heavy atom. The molecule has 8 heteroatoms. The minimum Gasteiger partial charge on any atom is -0.454 e. The van der Waals surface area contributed by atoms with Gasteiger partial charge in [0, 0.05) is 0 Å². The molecule has 34 heavy (non-hydrogen) atoms. The minimum atomic E-state index is -1.70. The normalized spacial score (nSPS) is 14.8. The number of Topliss-reactive ketones (excluding diaryl/α,β-unsaturated/α-hetero) is 1. The Morgan fingerprint density at radius 3 is 1.68 bits per heavy atom. The molecule has 4 rings (SSSR count). The van der Waals surface area contributed by atoms with E-state index in [9.17, 15) is 19.2 Å². The highest BCUT2D eigenvalue weighted by molar-refractivity contribution is 6.04. The molecule has 8 nitrogen and oxygen atoms in total. The SMILES string of the molecule is O=C(OCC1=C(OC(=O)c2ccccc2)C(=O)[C@@H](OC(=O)c2ccccc2)O1)c1ccccc1. The average Bonchev–Trinajstić information content (AvgIpc) is 3.17. The van der Waals surface area contributed by atoms with Crippen LogP contribution in [-0.4, -0.2) is 36.6 Å². The molecule has 170 valence electrons. The van der Waals surface area contributed by atoms with E-state index in [0.29, 0.717) is 0 Å². The summed E-state index contributed by atoms with van der Waals surface area (Å²) >= 11 is 0. The molecule has 1 aliphatic heterocycles. The first-order valence-electron chi connectivity index (χ1n) is 10.2. The Morgan fingerprint density at radius 2 is 1.15 bits per heavy atom. The molecule has 0 saturated carbocycles. The predicted molar refractivity (Wildman–Crippen MR) is 117 cm³/mol. The van der Waals surface area contributed by atoms with Crippen LogP contribution in [0.4, 0.5) is 0 Å². The number of esters is 3. The van der Waals surface area contributed by atoms with Crippen LogP contribution in [0.2, 0.25) is 0 Å². The van der Waals surface area contributed by atoms with Crippen molar-refractivity contribution in [2.24, 2.45) is 0 Å². The predicted octanol–water partition coefficient (Wildman–Crippen LogP) is 3.69. The molecule has 0 bridgehead atoms. The van der Waals surface area contributed by atoms with Crippen molar-refractivity contribution in [2.45, 2.75) is 6.29 Å². The molecule has 0 amide bonds. The Bertz CT molecular complexity index is 1230. The average molecular weight is 458 g/mol. The van der Waals surface area contributed by atoms with Gasteiger partial charge >= 0.3 is 24.2 Å². The lowest BCUT2D eigenvalue weighted by atomic mass is 10.2. The molecule has 0 saturated heterocycles. The zero-order valence-electron chi connectivity index (χ0n) is 17.7. The molecule has 0 aromatic heterocycles. The summed E-state index contributed by atoms with van der Waals surface area (Å²) in [6.45, 7) is -0.518. The number of ketones is 1. The summed E-state index contributed by atoms with van der Waals surface area (Å²) in [7, 11) is 0. The summed E-state index contributed by atoms with van der Waals surface area (Å²) in [6.07, 6.45) is -1.70. The molecule has 0 unspecified atom stereocenters. The summed E-state index contributed by atoms with van der Waals surface area (Å²) in [5.41, 5.74) is 0.668. The molecule has 3 aromatic carbocycles. The molecule has 0 radical (unpaired) electrons. The third-order valence-electron chi connectivity index (χ3n) is 4.71. The van der Waals surface area contributed by atoms with Gasteiger partial charge in [-0.15, -0.1) is 0 Å². The maximum atomic E-state index is 12.9. The van der Waals surface area contributed by atoms with Crippen LogP contribution >= 0.6 is 0 Å². The van der Waals surface area contributed by atoms with Crippen molar-refractivity contribution < 1.29 is 38.1 Å². The van der Waals surface area contributed by atoms with Gasteiger partial charge in [0.25, 0.3) is 5.78 Å². The molecule has 3 aromatic rings. The van der Waals surface area contributed by atoms with E-state index in [1.54, 1.807) is 66.7 Å². The van der Waals surface area contributed by atoms with Gasteiger partial charge in [0.2, 0.25) is 5.76 Å². The van der Waals surface area contributed by atoms with Gasteiger partial charge in [-0.25, -0.2) is 14.4 Å². The number of carbonyl (C=O) groups excluding carboxylic acids is 4.